The van der Waals surface area contributed by atoms with Gasteiger partial charge in [-0.25, -0.2) is 0 Å². The molecular weight excluding hydrogens is 188 g/mol. The van der Waals surface area contributed by atoms with Crippen molar-refractivity contribution in [1.82, 2.24) is 0 Å². The first-order valence-corrected chi connectivity index (χ1v) is 5.38. The fourth-order valence-electron chi connectivity index (χ4n) is 1.41. The molecule has 84 valence electrons. The Hall–Kier alpha value is -1.06. The summed E-state index contributed by atoms with van der Waals surface area (Å²) in [5.74, 6) is 0.870. The van der Waals surface area contributed by atoms with E-state index in [0.29, 0.717) is 13.2 Å². The maximum absolute atomic E-state index is 5.91. The van der Waals surface area contributed by atoms with Crippen LogP contribution in [0.2, 0.25) is 0 Å². The standard InChI is InChI=1S/C12H20N2O/c1-3-6-15-12-7-9(2)4-5-10(12)11(14)8-13/h4-5,7,11H,3,6,8,13-14H2,1-2H3. The number of hydrogen-bond acceptors (Lipinski definition) is 3. The smallest absolute Gasteiger partial charge is 0.124 e. The van der Waals surface area contributed by atoms with Gasteiger partial charge < -0.3 is 16.2 Å². The van der Waals surface area contributed by atoms with E-state index in [4.69, 9.17) is 16.2 Å². The van der Waals surface area contributed by atoms with Crippen LogP contribution in [0.1, 0.15) is 30.5 Å². The Kier molecular flexibility index (Phi) is 4.59. The third-order valence-corrected chi connectivity index (χ3v) is 2.28. The fraction of sp³-hybridized carbons (Fsp3) is 0.500. The normalized spacial score (nSPS) is 12.5. The van der Waals surface area contributed by atoms with Gasteiger partial charge in [0.05, 0.1) is 6.61 Å². The molecule has 0 saturated heterocycles. The lowest BCUT2D eigenvalue weighted by Gasteiger charge is -2.16. The van der Waals surface area contributed by atoms with Crippen molar-refractivity contribution in [3.63, 3.8) is 0 Å². The summed E-state index contributed by atoms with van der Waals surface area (Å²) in [5.41, 5.74) is 13.6. The van der Waals surface area contributed by atoms with Crippen LogP contribution in [0.4, 0.5) is 0 Å². The highest BCUT2D eigenvalue weighted by Crippen LogP contribution is 2.24. The summed E-state index contributed by atoms with van der Waals surface area (Å²) >= 11 is 0. The van der Waals surface area contributed by atoms with Crippen LogP contribution in [0.15, 0.2) is 18.2 Å². The van der Waals surface area contributed by atoms with Crippen LogP contribution < -0.4 is 16.2 Å². The molecule has 1 aromatic rings. The average molecular weight is 208 g/mol. The van der Waals surface area contributed by atoms with Crippen molar-refractivity contribution in [2.75, 3.05) is 13.2 Å². The minimum absolute atomic E-state index is 0.141. The van der Waals surface area contributed by atoms with E-state index in [1.54, 1.807) is 0 Å². The van der Waals surface area contributed by atoms with Crippen molar-refractivity contribution < 1.29 is 4.74 Å². The van der Waals surface area contributed by atoms with Gasteiger partial charge in [-0.2, -0.15) is 0 Å². The summed E-state index contributed by atoms with van der Waals surface area (Å²) in [6.07, 6.45) is 0.991. The Morgan fingerprint density at radius 1 is 1.40 bits per heavy atom. The second-order valence-corrected chi connectivity index (χ2v) is 3.73. The molecule has 1 unspecified atom stereocenters. The fourth-order valence-corrected chi connectivity index (χ4v) is 1.41. The lowest BCUT2D eigenvalue weighted by molar-refractivity contribution is 0.312. The van der Waals surface area contributed by atoms with Crippen LogP contribution in [0.5, 0.6) is 5.75 Å². The van der Waals surface area contributed by atoms with E-state index in [-0.39, 0.29) is 6.04 Å². The highest BCUT2D eigenvalue weighted by Gasteiger charge is 2.10. The van der Waals surface area contributed by atoms with Crippen molar-refractivity contribution in [1.29, 1.82) is 0 Å². The lowest BCUT2D eigenvalue weighted by Crippen LogP contribution is -2.21. The van der Waals surface area contributed by atoms with Gasteiger partial charge in [0.15, 0.2) is 0 Å². The van der Waals surface area contributed by atoms with Crippen molar-refractivity contribution in [2.45, 2.75) is 26.3 Å². The maximum Gasteiger partial charge on any atom is 0.124 e. The predicted octanol–water partition coefficient (Wildman–Crippen LogP) is 1.74. The molecule has 0 radical (unpaired) electrons. The van der Waals surface area contributed by atoms with E-state index in [9.17, 15) is 0 Å². The van der Waals surface area contributed by atoms with Gasteiger partial charge in [0.2, 0.25) is 0 Å². The first kappa shape index (κ1) is 12.0. The van der Waals surface area contributed by atoms with Gasteiger partial charge in [0.1, 0.15) is 5.75 Å². The molecule has 3 nitrogen and oxygen atoms in total. The van der Waals surface area contributed by atoms with E-state index in [0.717, 1.165) is 17.7 Å². The average Bonchev–Trinajstić information content (AvgIpc) is 2.25. The molecule has 1 atom stereocenters. The molecule has 0 aromatic heterocycles. The number of aryl methyl sites for hydroxylation is 1. The van der Waals surface area contributed by atoms with Gasteiger partial charge in [-0.3, -0.25) is 0 Å². The van der Waals surface area contributed by atoms with E-state index >= 15 is 0 Å². The van der Waals surface area contributed by atoms with Gasteiger partial charge in [0, 0.05) is 18.2 Å². The van der Waals surface area contributed by atoms with Crippen LogP contribution in [-0.4, -0.2) is 13.2 Å². The molecule has 15 heavy (non-hydrogen) atoms. The second-order valence-electron chi connectivity index (χ2n) is 3.73. The molecule has 4 N–H and O–H groups in total. The zero-order valence-corrected chi connectivity index (χ0v) is 9.49. The van der Waals surface area contributed by atoms with Crippen molar-refractivity contribution in [3.8, 4) is 5.75 Å². The molecule has 0 spiro atoms. The van der Waals surface area contributed by atoms with Gasteiger partial charge >= 0.3 is 0 Å². The summed E-state index contributed by atoms with van der Waals surface area (Å²) in [6.45, 7) is 5.27. The molecule has 3 heteroatoms. The third-order valence-electron chi connectivity index (χ3n) is 2.28. The SMILES string of the molecule is CCCOc1cc(C)ccc1C(N)CN. The number of ether oxygens (including phenoxy) is 1. The molecule has 0 aliphatic carbocycles. The van der Waals surface area contributed by atoms with Gasteiger partial charge in [-0.15, -0.1) is 0 Å². The summed E-state index contributed by atoms with van der Waals surface area (Å²) in [6, 6.07) is 5.90. The first-order chi connectivity index (χ1) is 7.19. The molecule has 0 aliphatic heterocycles. The second kappa shape index (κ2) is 5.73. The minimum Gasteiger partial charge on any atom is -0.493 e. The molecular formula is C12H20N2O. The summed E-state index contributed by atoms with van der Waals surface area (Å²) in [5, 5.41) is 0. The van der Waals surface area contributed by atoms with Crippen LogP contribution in [-0.2, 0) is 0 Å². The monoisotopic (exact) mass is 208 g/mol. The van der Waals surface area contributed by atoms with Crippen LogP contribution in [0, 0.1) is 6.92 Å². The molecule has 1 aromatic carbocycles. The van der Waals surface area contributed by atoms with Crippen molar-refractivity contribution in [3.05, 3.63) is 29.3 Å². The third kappa shape index (κ3) is 3.22. The molecule has 1 rings (SSSR count). The molecule has 0 saturated carbocycles. The minimum atomic E-state index is -0.141. The van der Waals surface area contributed by atoms with E-state index in [1.807, 2.05) is 25.1 Å². The number of benzene rings is 1. The zero-order valence-electron chi connectivity index (χ0n) is 9.49. The topological polar surface area (TPSA) is 61.3 Å². The van der Waals surface area contributed by atoms with E-state index < -0.39 is 0 Å². The molecule has 0 amide bonds. The number of hydrogen-bond donors (Lipinski definition) is 2. The predicted molar refractivity (Wildman–Crippen MR) is 62.9 cm³/mol. The highest BCUT2D eigenvalue weighted by molar-refractivity contribution is 5.39. The summed E-state index contributed by atoms with van der Waals surface area (Å²) in [4.78, 5) is 0. The molecule has 0 fully saturated rings. The first-order valence-electron chi connectivity index (χ1n) is 5.38. The zero-order chi connectivity index (χ0) is 11.3. The molecule has 0 heterocycles. The highest BCUT2D eigenvalue weighted by atomic mass is 16.5. The van der Waals surface area contributed by atoms with Gasteiger partial charge in [-0.05, 0) is 25.0 Å². The van der Waals surface area contributed by atoms with E-state index in [2.05, 4.69) is 6.92 Å². The Labute approximate surface area is 91.4 Å². The Morgan fingerprint density at radius 3 is 2.73 bits per heavy atom. The molecule has 0 aliphatic rings. The summed E-state index contributed by atoms with van der Waals surface area (Å²) < 4.78 is 5.65. The number of rotatable bonds is 5. The Morgan fingerprint density at radius 2 is 2.13 bits per heavy atom. The quantitative estimate of drug-likeness (QED) is 0.774. The summed E-state index contributed by atoms with van der Waals surface area (Å²) in [7, 11) is 0. The molecule has 0 bridgehead atoms. The van der Waals surface area contributed by atoms with Crippen molar-refractivity contribution in [2.24, 2.45) is 11.5 Å². The Balaban J connectivity index is 2.92. The van der Waals surface area contributed by atoms with Crippen molar-refractivity contribution >= 4 is 0 Å². The van der Waals surface area contributed by atoms with Crippen LogP contribution in [0.3, 0.4) is 0 Å². The van der Waals surface area contributed by atoms with Crippen LogP contribution >= 0.6 is 0 Å². The maximum atomic E-state index is 5.91. The van der Waals surface area contributed by atoms with E-state index in [1.165, 1.54) is 5.56 Å². The van der Waals surface area contributed by atoms with Gasteiger partial charge in [0.25, 0.3) is 0 Å². The van der Waals surface area contributed by atoms with Gasteiger partial charge in [-0.1, -0.05) is 19.1 Å². The largest absolute Gasteiger partial charge is 0.493 e. The Bertz CT molecular complexity index is 312. The number of nitrogens with two attached hydrogens (primary N) is 2. The van der Waals surface area contributed by atoms with Crippen LogP contribution in [0.25, 0.3) is 0 Å². The lowest BCUT2D eigenvalue weighted by atomic mass is 10.0.